The topological polar surface area (TPSA) is 60.5 Å². The largest absolute Gasteiger partial charge is 0.497 e. The van der Waals surface area contributed by atoms with Crippen LogP contribution in [0.4, 0.5) is 5.13 Å². The molecule has 0 aliphatic heterocycles. The van der Waals surface area contributed by atoms with Crippen LogP contribution in [0.2, 0.25) is 0 Å². The van der Waals surface area contributed by atoms with Gasteiger partial charge in [0.1, 0.15) is 11.5 Å². The molecule has 1 aromatic heterocycles. The van der Waals surface area contributed by atoms with E-state index in [1.54, 1.807) is 14.2 Å². The van der Waals surface area contributed by atoms with E-state index >= 15 is 0 Å². The minimum absolute atomic E-state index is 0.0376. The van der Waals surface area contributed by atoms with E-state index < -0.39 is 5.41 Å². The zero-order valence-electron chi connectivity index (χ0n) is 18.0. The van der Waals surface area contributed by atoms with Crippen molar-refractivity contribution in [1.29, 1.82) is 0 Å². The monoisotopic (exact) mass is 436 g/mol. The van der Waals surface area contributed by atoms with E-state index in [0.717, 1.165) is 59.6 Å². The van der Waals surface area contributed by atoms with Crippen LogP contribution in [0.25, 0.3) is 0 Å². The molecule has 1 aliphatic rings. The standard InChI is InChI=1S/C25H28N2O3S/c1-29-20-12-10-19(11-13-20)25(14-6-3-7-15-25)23(28)27-24-26-17-21(31-24)16-18-8-4-5-9-22(18)30-2/h4-5,8-13,17H,3,6-7,14-16H2,1-2H3,(H,26,27,28). The minimum Gasteiger partial charge on any atom is -0.497 e. The van der Waals surface area contributed by atoms with Crippen LogP contribution in [0, 0.1) is 0 Å². The Labute approximate surface area is 187 Å². The van der Waals surface area contributed by atoms with Gasteiger partial charge in [-0.2, -0.15) is 0 Å². The molecule has 2 aromatic carbocycles. The molecule has 3 aromatic rings. The summed E-state index contributed by atoms with van der Waals surface area (Å²) in [5, 5.41) is 3.77. The molecular weight excluding hydrogens is 408 g/mol. The Bertz CT molecular complexity index is 1020. The van der Waals surface area contributed by atoms with Crippen LogP contribution >= 0.6 is 11.3 Å². The lowest BCUT2D eigenvalue weighted by Crippen LogP contribution is -2.42. The number of ether oxygens (including phenoxy) is 2. The van der Waals surface area contributed by atoms with Crippen molar-refractivity contribution in [1.82, 2.24) is 4.98 Å². The maximum Gasteiger partial charge on any atom is 0.236 e. The minimum atomic E-state index is -0.515. The second-order valence-corrected chi connectivity index (χ2v) is 9.06. The molecule has 4 rings (SSSR count). The van der Waals surface area contributed by atoms with Gasteiger partial charge in [0, 0.05) is 17.5 Å². The Kier molecular flexibility index (Phi) is 6.56. The first-order chi connectivity index (χ1) is 15.1. The van der Waals surface area contributed by atoms with Gasteiger partial charge in [0.25, 0.3) is 0 Å². The van der Waals surface area contributed by atoms with Crippen molar-refractivity contribution >= 4 is 22.4 Å². The van der Waals surface area contributed by atoms with Crippen molar-refractivity contribution < 1.29 is 14.3 Å². The first-order valence-corrected chi connectivity index (χ1v) is 11.5. The summed E-state index contributed by atoms with van der Waals surface area (Å²) >= 11 is 1.52. The molecule has 0 spiro atoms. The number of para-hydroxylation sites is 1. The lowest BCUT2D eigenvalue weighted by molar-refractivity contribution is -0.122. The Balaban J connectivity index is 1.53. The molecule has 1 amide bonds. The lowest BCUT2D eigenvalue weighted by Gasteiger charge is -2.36. The average molecular weight is 437 g/mol. The predicted octanol–water partition coefficient (Wildman–Crippen LogP) is 5.59. The van der Waals surface area contributed by atoms with E-state index in [2.05, 4.69) is 16.4 Å². The second kappa shape index (κ2) is 9.52. The zero-order valence-corrected chi connectivity index (χ0v) is 18.8. The molecule has 1 N–H and O–H groups in total. The number of rotatable bonds is 7. The molecule has 1 aliphatic carbocycles. The van der Waals surface area contributed by atoms with Gasteiger partial charge in [-0.05, 0) is 42.2 Å². The maximum absolute atomic E-state index is 13.5. The van der Waals surface area contributed by atoms with Gasteiger partial charge in [-0.3, -0.25) is 4.79 Å². The van der Waals surface area contributed by atoms with E-state index in [0.29, 0.717) is 5.13 Å². The second-order valence-electron chi connectivity index (χ2n) is 7.95. The number of amides is 1. The first-order valence-electron chi connectivity index (χ1n) is 10.7. The van der Waals surface area contributed by atoms with Gasteiger partial charge in [-0.25, -0.2) is 4.98 Å². The van der Waals surface area contributed by atoms with Gasteiger partial charge in [0.2, 0.25) is 5.91 Å². The number of benzene rings is 2. The SMILES string of the molecule is COc1ccc(C2(C(=O)Nc3ncc(Cc4ccccc4OC)s3)CCCCC2)cc1. The lowest BCUT2D eigenvalue weighted by atomic mass is 9.68. The van der Waals surface area contributed by atoms with Crippen LogP contribution in [0.15, 0.2) is 54.7 Å². The van der Waals surface area contributed by atoms with Crippen LogP contribution in [-0.2, 0) is 16.6 Å². The fraction of sp³-hybridized carbons (Fsp3) is 0.360. The van der Waals surface area contributed by atoms with Crippen LogP contribution < -0.4 is 14.8 Å². The van der Waals surface area contributed by atoms with Crippen molar-refractivity contribution in [3.63, 3.8) is 0 Å². The molecule has 0 bridgehead atoms. The number of hydrogen-bond acceptors (Lipinski definition) is 5. The number of thiazole rings is 1. The predicted molar refractivity (Wildman–Crippen MR) is 124 cm³/mol. The molecule has 0 unspecified atom stereocenters. The fourth-order valence-electron chi connectivity index (χ4n) is 4.41. The molecular formula is C25H28N2O3S. The van der Waals surface area contributed by atoms with E-state index in [9.17, 15) is 4.79 Å². The van der Waals surface area contributed by atoms with Crippen molar-refractivity contribution in [2.75, 3.05) is 19.5 Å². The van der Waals surface area contributed by atoms with Crippen molar-refractivity contribution in [3.8, 4) is 11.5 Å². The molecule has 162 valence electrons. The van der Waals surface area contributed by atoms with Gasteiger partial charge >= 0.3 is 0 Å². The molecule has 0 radical (unpaired) electrons. The highest BCUT2D eigenvalue weighted by Gasteiger charge is 2.41. The summed E-state index contributed by atoms with van der Waals surface area (Å²) in [6.07, 6.45) is 7.54. The van der Waals surface area contributed by atoms with Crippen LogP contribution in [0.3, 0.4) is 0 Å². The van der Waals surface area contributed by atoms with Gasteiger partial charge in [0.05, 0.1) is 19.6 Å². The molecule has 5 nitrogen and oxygen atoms in total. The normalized spacial score (nSPS) is 15.3. The number of carbonyl (C=O) groups excluding carboxylic acids is 1. The maximum atomic E-state index is 13.5. The molecule has 6 heteroatoms. The van der Waals surface area contributed by atoms with E-state index in [1.807, 2.05) is 48.7 Å². The highest BCUT2D eigenvalue weighted by atomic mass is 32.1. The number of carbonyl (C=O) groups is 1. The van der Waals surface area contributed by atoms with Crippen LogP contribution in [-0.4, -0.2) is 25.1 Å². The number of aromatic nitrogens is 1. The third kappa shape index (κ3) is 4.59. The molecule has 1 fully saturated rings. The summed E-state index contributed by atoms with van der Waals surface area (Å²) < 4.78 is 10.7. The average Bonchev–Trinajstić information content (AvgIpc) is 3.26. The molecule has 0 atom stereocenters. The van der Waals surface area contributed by atoms with Crippen LogP contribution in [0.5, 0.6) is 11.5 Å². The first kappa shape index (κ1) is 21.4. The quantitative estimate of drug-likeness (QED) is 0.524. The Morgan fingerprint density at radius 3 is 2.48 bits per heavy atom. The summed E-state index contributed by atoms with van der Waals surface area (Å²) in [6.45, 7) is 0. The summed E-state index contributed by atoms with van der Waals surface area (Å²) in [7, 11) is 3.34. The third-order valence-corrected chi connectivity index (χ3v) is 7.03. The Morgan fingerprint density at radius 2 is 1.77 bits per heavy atom. The number of methoxy groups -OCH3 is 2. The van der Waals surface area contributed by atoms with Crippen LogP contribution in [0.1, 0.15) is 48.1 Å². The highest BCUT2D eigenvalue weighted by Crippen LogP contribution is 2.41. The molecule has 1 heterocycles. The van der Waals surface area contributed by atoms with E-state index in [1.165, 1.54) is 17.8 Å². The van der Waals surface area contributed by atoms with Gasteiger partial charge in [-0.1, -0.05) is 49.6 Å². The number of anilines is 1. The number of hydrogen-bond donors (Lipinski definition) is 1. The number of nitrogens with zero attached hydrogens (tertiary/aromatic N) is 1. The summed E-state index contributed by atoms with van der Waals surface area (Å²) in [4.78, 5) is 19.1. The summed E-state index contributed by atoms with van der Waals surface area (Å²) in [5.74, 6) is 1.70. The Hall–Kier alpha value is -2.86. The third-order valence-electron chi connectivity index (χ3n) is 6.12. The van der Waals surface area contributed by atoms with Crippen molar-refractivity contribution in [2.45, 2.75) is 43.9 Å². The van der Waals surface area contributed by atoms with E-state index in [4.69, 9.17) is 9.47 Å². The van der Waals surface area contributed by atoms with Gasteiger partial charge in [-0.15, -0.1) is 11.3 Å². The highest BCUT2D eigenvalue weighted by molar-refractivity contribution is 7.15. The van der Waals surface area contributed by atoms with Crippen molar-refractivity contribution in [3.05, 3.63) is 70.7 Å². The van der Waals surface area contributed by atoms with Gasteiger partial charge < -0.3 is 14.8 Å². The fourth-order valence-corrected chi connectivity index (χ4v) is 5.24. The number of nitrogens with one attached hydrogen (secondary N) is 1. The van der Waals surface area contributed by atoms with Crippen molar-refractivity contribution in [2.24, 2.45) is 0 Å². The Morgan fingerprint density at radius 1 is 1.03 bits per heavy atom. The summed E-state index contributed by atoms with van der Waals surface area (Å²) in [6, 6.07) is 15.9. The molecule has 1 saturated carbocycles. The molecule has 31 heavy (non-hydrogen) atoms. The van der Waals surface area contributed by atoms with Gasteiger partial charge in [0.15, 0.2) is 5.13 Å². The molecule has 0 saturated heterocycles. The smallest absolute Gasteiger partial charge is 0.236 e. The summed E-state index contributed by atoms with van der Waals surface area (Å²) in [5.41, 5.74) is 1.64. The van der Waals surface area contributed by atoms with E-state index in [-0.39, 0.29) is 5.91 Å². The zero-order chi connectivity index (χ0) is 21.7.